The largest absolute Gasteiger partial charge is 0.356 e. The average Bonchev–Trinajstić information content (AvgIpc) is 2.70. The Hall–Kier alpha value is -0.420. The highest BCUT2D eigenvalue weighted by Gasteiger charge is 2.20. The molecule has 0 aromatic carbocycles. The zero-order valence-corrected chi connectivity index (χ0v) is 12.2. The van der Waals surface area contributed by atoms with Crippen LogP contribution in [0.5, 0.6) is 0 Å². The third kappa shape index (κ3) is 3.28. The highest BCUT2D eigenvalue weighted by Crippen LogP contribution is 2.15. The van der Waals surface area contributed by atoms with Gasteiger partial charge in [-0.05, 0) is 34.7 Å². The van der Waals surface area contributed by atoms with Crippen molar-refractivity contribution in [1.29, 1.82) is 0 Å². The number of aromatic nitrogens is 1. The van der Waals surface area contributed by atoms with Gasteiger partial charge in [-0.3, -0.25) is 4.79 Å². The Labute approximate surface area is 109 Å². The monoisotopic (exact) mass is 304 g/mol. The van der Waals surface area contributed by atoms with Crippen LogP contribution < -0.4 is 0 Å². The minimum Gasteiger partial charge on any atom is -0.356 e. The molecule has 0 saturated carbocycles. The van der Waals surface area contributed by atoms with Crippen molar-refractivity contribution in [2.45, 2.75) is 19.4 Å². The van der Waals surface area contributed by atoms with Gasteiger partial charge in [0.1, 0.15) is 5.69 Å². The van der Waals surface area contributed by atoms with Crippen molar-refractivity contribution in [3.8, 4) is 0 Å². The number of hydrogen-bond acceptors (Lipinski definition) is 2. The Morgan fingerprint density at radius 3 is 2.81 bits per heavy atom. The molecular formula is C11H17BrN2OS. The van der Waals surface area contributed by atoms with Crippen LogP contribution in [0.25, 0.3) is 0 Å². The third-order valence-electron chi connectivity index (χ3n) is 2.58. The topological polar surface area (TPSA) is 36.1 Å². The number of carbonyl (C=O) groups is 1. The molecule has 1 rings (SSSR count). The summed E-state index contributed by atoms with van der Waals surface area (Å²) in [6.07, 6.45) is 4.81. The molecule has 0 bridgehead atoms. The number of nitrogens with one attached hydrogen (secondary N) is 1. The number of aromatic amines is 1. The smallest absolute Gasteiger partial charge is 0.270 e. The minimum atomic E-state index is 0.0478. The molecule has 1 atom stereocenters. The number of halogens is 1. The van der Waals surface area contributed by atoms with Crippen molar-refractivity contribution in [2.24, 2.45) is 0 Å². The maximum absolute atomic E-state index is 12.1. The van der Waals surface area contributed by atoms with Crippen LogP contribution in [0.3, 0.4) is 0 Å². The van der Waals surface area contributed by atoms with Gasteiger partial charge in [-0.25, -0.2) is 0 Å². The van der Waals surface area contributed by atoms with E-state index in [2.05, 4.69) is 34.1 Å². The summed E-state index contributed by atoms with van der Waals surface area (Å²) in [4.78, 5) is 16.9. The molecule has 0 radical (unpaired) electrons. The number of rotatable bonds is 5. The van der Waals surface area contributed by atoms with Gasteiger partial charge in [-0.2, -0.15) is 11.8 Å². The minimum absolute atomic E-state index is 0.0478. The second-order valence-corrected chi connectivity index (χ2v) is 5.49. The Kier molecular flexibility index (Phi) is 5.41. The van der Waals surface area contributed by atoms with Crippen LogP contribution in [0.15, 0.2) is 16.7 Å². The van der Waals surface area contributed by atoms with Gasteiger partial charge in [-0.15, -0.1) is 0 Å². The number of H-pyrrole nitrogens is 1. The zero-order valence-electron chi connectivity index (χ0n) is 9.79. The second-order valence-electron chi connectivity index (χ2n) is 3.67. The predicted molar refractivity (Wildman–Crippen MR) is 73.0 cm³/mol. The van der Waals surface area contributed by atoms with E-state index in [-0.39, 0.29) is 5.91 Å². The number of amides is 1. The standard InChI is InChI=1S/C11H17BrN2OS/c1-4-9(7-16-3)14(2)11(15)10-5-8(12)6-13-10/h5-6,9,13H,4,7H2,1-3H3. The van der Waals surface area contributed by atoms with Gasteiger partial charge >= 0.3 is 0 Å². The molecule has 1 unspecified atom stereocenters. The lowest BCUT2D eigenvalue weighted by Crippen LogP contribution is -2.38. The molecule has 1 aromatic rings. The maximum Gasteiger partial charge on any atom is 0.270 e. The first kappa shape index (κ1) is 13.6. The van der Waals surface area contributed by atoms with Gasteiger partial charge in [-0.1, -0.05) is 6.92 Å². The Balaban J connectivity index is 2.72. The molecule has 0 aliphatic heterocycles. The SMILES string of the molecule is CCC(CSC)N(C)C(=O)c1cc(Br)c[nH]1. The molecule has 1 aromatic heterocycles. The molecule has 90 valence electrons. The average molecular weight is 305 g/mol. The van der Waals surface area contributed by atoms with Gasteiger partial charge < -0.3 is 9.88 Å². The van der Waals surface area contributed by atoms with Crippen LogP contribution in [0.1, 0.15) is 23.8 Å². The molecule has 1 amide bonds. The highest BCUT2D eigenvalue weighted by atomic mass is 79.9. The summed E-state index contributed by atoms with van der Waals surface area (Å²) in [5, 5.41) is 0. The molecule has 0 saturated heterocycles. The van der Waals surface area contributed by atoms with Crippen molar-refractivity contribution < 1.29 is 4.79 Å². The van der Waals surface area contributed by atoms with Crippen LogP contribution in [0.2, 0.25) is 0 Å². The van der Waals surface area contributed by atoms with Gasteiger partial charge in [0.25, 0.3) is 5.91 Å². The lowest BCUT2D eigenvalue weighted by Gasteiger charge is -2.26. The lowest BCUT2D eigenvalue weighted by atomic mass is 10.2. The van der Waals surface area contributed by atoms with E-state index in [1.165, 1.54) is 0 Å². The van der Waals surface area contributed by atoms with Gasteiger partial charge in [0.15, 0.2) is 0 Å². The van der Waals surface area contributed by atoms with E-state index in [9.17, 15) is 4.79 Å². The summed E-state index contributed by atoms with van der Waals surface area (Å²) in [5.74, 6) is 1.02. The quantitative estimate of drug-likeness (QED) is 0.908. The van der Waals surface area contributed by atoms with Crippen molar-refractivity contribution in [1.82, 2.24) is 9.88 Å². The number of carbonyl (C=O) groups excluding carboxylic acids is 1. The van der Waals surface area contributed by atoms with Crippen molar-refractivity contribution in [3.63, 3.8) is 0 Å². The molecule has 3 nitrogen and oxygen atoms in total. The summed E-state index contributed by atoms with van der Waals surface area (Å²) >= 11 is 5.10. The molecule has 1 N–H and O–H groups in total. The van der Waals surface area contributed by atoms with Crippen molar-refractivity contribution in [2.75, 3.05) is 19.1 Å². The Bertz CT molecular complexity index is 354. The third-order valence-corrected chi connectivity index (χ3v) is 3.75. The van der Waals surface area contributed by atoms with E-state index < -0.39 is 0 Å². The van der Waals surface area contributed by atoms with E-state index in [0.717, 1.165) is 16.6 Å². The molecule has 5 heteroatoms. The van der Waals surface area contributed by atoms with Crippen LogP contribution >= 0.6 is 27.7 Å². The Morgan fingerprint density at radius 1 is 1.69 bits per heavy atom. The second kappa shape index (κ2) is 6.35. The van der Waals surface area contributed by atoms with Crippen LogP contribution in [0, 0.1) is 0 Å². The molecule has 0 fully saturated rings. The summed E-state index contributed by atoms with van der Waals surface area (Å²) < 4.78 is 0.905. The molecule has 16 heavy (non-hydrogen) atoms. The molecular weight excluding hydrogens is 288 g/mol. The van der Waals surface area contributed by atoms with Gasteiger partial charge in [0, 0.05) is 29.5 Å². The lowest BCUT2D eigenvalue weighted by molar-refractivity contribution is 0.0738. The number of nitrogens with zero attached hydrogens (tertiary/aromatic N) is 1. The summed E-state index contributed by atoms with van der Waals surface area (Å²) in [6.45, 7) is 2.11. The van der Waals surface area contributed by atoms with Gasteiger partial charge in [0.05, 0.1) is 0 Å². The van der Waals surface area contributed by atoms with Crippen molar-refractivity contribution >= 4 is 33.6 Å². The van der Waals surface area contributed by atoms with E-state index in [1.807, 2.05) is 18.0 Å². The first-order valence-electron chi connectivity index (χ1n) is 5.20. The number of hydrogen-bond donors (Lipinski definition) is 1. The fraction of sp³-hybridized carbons (Fsp3) is 0.545. The highest BCUT2D eigenvalue weighted by molar-refractivity contribution is 9.10. The molecule has 1 heterocycles. The van der Waals surface area contributed by atoms with Crippen LogP contribution in [-0.2, 0) is 0 Å². The van der Waals surface area contributed by atoms with Crippen LogP contribution in [-0.4, -0.2) is 40.9 Å². The van der Waals surface area contributed by atoms with E-state index in [1.54, 1.807) is 18.0 Å². The van der Waals surface area contributed by atoms with Crippen LogP contribution in [0.4, 0.5) is 0 Å². The fourth-order valence-corrected chi connectivity index (χ4v) is 2.73. The predicted octanol–water partition coefficient (Wildman–Crippen LogP) is 2.99. The Morgan fingerprint density at radius 2 is 2.38 bits per heavy atom. The summed E-state index contributed by atoms with van der Waals surface area (Å²) in [6, 6.07) is 2.11. The summed E-state index contributed by atoms with van der Waals surface area (Å²) in [7, 11) is 1.86. The maximum atomic E-state index is 12.1. The van der Waals surface area contributed by atoms with Gasteiger partial charge in [0.2, 0.25) is 0 Å². The normalized spacial score (nSPS) is 12.5. The first-order valence-corrected chi connectivity index (χ1v) is 7.38. The van der Waals surface area contributed by atoms with Crippen molar-refractivity contribution in [3.05, 3.63) is 22.4 Å². The van der Waals surface area contributed by atoms with E-state index in [4.69, 9.17) is 0 Å². The first-order chi connectivity index (χ1) is 7.60. The zero-order chi connectivity index (χ0) is 12.1. The van der Waals surface area contributed by atoms with E-state index in [0.29, 0.717) is 11.7 Å². The summed E-state index contributed by atoms with van der Waals surface area (Å²) in [5.41, 5.74) is 0.633. The molecule has 0 aliphatic carbocycles. The molecule has 0 aliphatic rings. The van der Waals surface area contributed by atoms with E-state index >= 15 is 0 Å². The fourth-order valence-electron chi connectivity index (χ4n) is 1.54. The molecule has 0 spiro atoms. The number of thioether (sulfide) groups is 1.